The molecule has 0 unspecified atom stereocenters. The van der Waals surface area contributed by atoms with E-state index in [0.717, 1.165) is 11.1 Å². The minimum atomic E-state index is -3.68. The molecular weight excluding hydrogens is 426 g/mol. The summed E-state index contributed by atoms with van der Waals surface area (Å²) in [6.07, 6.45) is 5.94. The van der Waals surface area contributed by atoms with Crippen LogP contribution >= 0.6 is 0 Å². The normalized spacial score (nSPS) is 17.6. The van der Waals surface area contributed by atoms with Crippen LogP contribution in [0.25, 0.3) is 11.2 Å². The van der Waals surface area contributed by atoms with Crippen LogP contribution in [0.3, 0.4) is 0 Å². The van der Waals surface area contributed by atoms with E-state index in [9.17, 15) is 13.2 Å². The molecule has 0 saturated carbocycles. The first-order chi connectivity index (χ1) is 15.6. The largest absolute Gasteiger partial charge is 0.330 e. The summed E-state index contributed by atoms with van der Waals surface area (Å²) in [6.45, 7) is 1.07. The van der Waals surface area contributed by atoms with Crippen molar-refractivity contribution >= 4 is 21.2 Å². The van der Waals surface area contributed by atoms with E-state index in [1.807, 2.05) is 42.5 Å². The lowest BCUT2D eigenvalue weighted by atomic mass is 10.1. The van der Waals surface area contributed by atoms with Gasteiger partial charge in [0.05, 0.1) is 18.1 Å². The number of rotatable bonds is 5. The van der Waals surface area contributed by atoms with E-state index in [1.165, 1.54) is 10.5 Å². The molecule has 0 N–H and O–H groups in total. The first kappa shape index (κ1) is 20.6. The minimum Gasteiger partial charge on any atom is -0.286 e. The number of sulfonamides is 1. The fraction of sp³-hybridized carbons (Fsp3) is 0.261. The van der Waals surface area contributed by atoms with E-state index < -0.39 is 10.0 Å². The van der Waals surface area contributed by atoms with Gasteiger partial charge in [0.2, 0.25) is 10.0 Å². The van der Waals surface area contributed by atoms with Crippen LogP contribution in [0.4, 0.5) is 0 Å². The van der Waals surface area contributed by atoms with Gasteiger partial charge in [-0.3, -0.25) is 14.1 Å². The van der Waals surface area contributed by atoms with Crippen LogP contribution in [0.5, 0.6) is 0 Å². The molecule has 1 atom stereocenters. The number of hydrogen-bond donors (Lipinski definition) is 0. The van der Waals surface area contributed by atoms with E-state index in [2.05, 4.69) is 9.97 Å². The Morgan fingerprint density at radius 2 is 1.81 bits per heavy atom. The molecule has 0 amide bonds. The monoisotopic (exact) mass is 449 g/mol. The van der Waals surface area contributed by atoms with Crippen LogP contribution < -0.4 is 5.69 Å². The summed E-state index contributed by atoms with van der Waals surface area (Å²) in [5.74, 6) is 0. The summed E-state index contributed by atoms with van der Waals surface area (Å²) in [5.41, 5.74) is 2.17. The van der Waals surface area contributed by atoms with Crippen LogP contribution in [0, 0.1) is 0 Å². The Morgan fingerprint density at radius 1 is 1.00 bits per heavy atom. The van der Waals surface area contributed by atoms with Gasteiger partial charge in [-0.05, 0) is 42.7 Å². The lowest BCUT2D eigenvalue weighted by Crippen LogP contribution is -2.43. The maximum absolute atomic E-state index is 13.5. The molecule has 0 aliphatic carbocycles. The third-order valence-corrected chi connectivity index (χ3v) is 7.75. The second kappa shape index (κ2) is 8.33. The fourth-order valence-corrected chi connectivity index (χ4v) is 5.84. The van der Waals surface area contributed by atoms with Crippen LogP contribution in [0.15, 0.2) is 82.9 Å². The Bertz CT molecular complexity index is 1400. The molecule has 164 valence electrons. The number of fused-ring (bicyclic) bond motifs is 1. The summed E-state index contributed by atoms with van der Waals surface area (Å²) in [6, 6.07) is 16.4. The van der Waals surface area contributed by atoms with E-state index in [1.54, 1.807) is 33.7 Å². The highest BCUT2D eigenvalue weighted by atomic mass is 32.2. The van der Waals surface area contributed by atoms with Crippen molar-refractivity contribution in [3.63, 3.8) is 0 Å². The average Bonchev–Trinajstić information content (AvgIpc) is 3.11. The van der Waals surface area contributed by atoms with E-state index >= 15 is 0 Å². The Hall–Kier alpha value is -3.30. The van der Waals surface area contributed by atoms with E-state index in [0.29, 0.717) is 31.6 Å². The average molecular weight is 450 g/mol. The van der Waals surface area contributed by atoms with Gasteiger partial charge in [0.1, 0.15) is 4.90 Å². The number of benzene rings is 1. The van der Waals surface area contributed by atoms with E-state index in [4.69, 9.17) is 0 Å². The van der Waals surface area contributed by atoms with Crippen LogP contribution in [0.2, 0.25) is 0 Å². The van der Waals surface area contributed by atoms with Crippen molar-refractivity contribution in [1.29, 1.82) is 0 Å². The Balaban J connectivity index is 1.53. The molecule has 1 aliphatic heterocycles. The van der Waals surface area contributed by atoms with Crippen molar-refractivity contribution in [1.82, 2.24) is 23.4 Å². The minimum absolute atomic E-state index is 0.164. The van der Waals surface area contributed by atoms with Crippen LogP contribution in [0.1, 0.15) is 24.4 Å². The number of piperidine rings is 1. The second-order valence-electron chi connectivity index (χ2n) is 7.92. The first-order valence-electron chi connectivity index (χ1n) is 10.6. The third-order valence-electron chi connectivity index (χ3n) is 5.90. The van der Waals surface area contributed by atoms with Crippen LogP contribution in [-0.2, 0) is 16.6 Å². The highest BCUT2D eigenvalue weighted by molar-refractivity contribution is 7.89. The van der Waals surface area contributed by atoms with Gasteiger partial charge in [-0.1, -0.05) is 30.3 Å². The summed E-state index contributed by atoms with van der Waals surface area (Å²) < 4.78 is 31.1. The Morgan fingerprint density at radius 3 is 2.59 bits per heavy atom. The SMILES string of the molecule is O=c1n(Cc2ccccc2)c2cccnc2n1[C@H]1CCCN(S(=O)(=O)c2cccnc2)C1. The lowest BCUT2D eigenvalue weighted by Gasteiger charge is -2.32. The molecule has 8 nitrogen and oxygen atoms in total. The quantitative estimate of drug-likeness (QED) is 0.467. The number of hydrogen-bond acceptors (Lipinski definition) is 5. The van der Waals surface area contributed by atoms with Crippen molar-refractivity contribution in [3.05, 3.63) is 89.2 Å². The Labute approximate surface area is 185 Å². The predicted octanol–water partition coefficient (Wildman–Crippen LogP) is 2.67. The molecule has 1 fully saturated rings. The second-order valence-corrected chi connectivity index (χ2v) is 9.86. The zero-order valence-electron chi connectivity index (χ0n) is 17.4. The van der Waals surface area contributed by atoms with Gasteiger partial charge in [-0.2, -0.15) is 4.31 Å². The number of imidazole rings is 1. The van der Waals surface area contributed by atoms with Crippen LogP contribution in [-0.4, -0.2) is 44.9 Å². The molecule has 1 aliphatic rings. The van der Waals surface area contributed by atoms with Gasteiger partial charge in [0.15, 0.2) is 5.65 Å². The number of pyridine rings is 2. The molecule has 0 bridgehead atoms. The van der Waals surface area contributed by atoms with Crippen molar-refractivity contribution in [2.75, 3.05) is 13.1 Å². The summed E-state index contributed by atoms with van der Waals surface area (Å²) in [7, 11) is -3.68. The lowest BCUT2D eigenvalue weighted by molar-refractivity contribution is 0.265. The first-order valence-corrected chi connectivity index (χ1v) is 12.0. The van der Waals surface area contributed by atoms with Gasteiger partial charge >= 0.3 is 5.69 Å². The van der Waals surface area contributed by atoms with Crippen molar-refractivity contribution in [2.45, 2.75) is 30.3 Å². The van der Waals surface area contributed by atoms with Crippen molar-refractivity contribution < 1.29 is 8.42 Å². The fourth-order valence-electron chi connectivity index (χ4n) is 4.36. The summed E-state index contributed by atoms with van der Waals surface area (Å²) in [5, 5.41) is 0. The number of nitrogens with zero attached hydrogens (tertiary/aromatic N) is 5. The molecule has 0 radical (unpaired) electrons. The molecular formula is C23H23N5O3S. The van der Waals surface area contributed by atoms with E-state index in [-0.39, 0.29) is 23.2 Å². The maximum Gasteiger partial charge on any atom is 0.330 e. The highest BCUT2D eigenvalue weighted by Gasteiger charge is 2.33. The third kappa shape index (κ3) is 3.63. The van der Waals surface area contributed by atoms with Crippen molar-refractivity contribution in [3.8, 4) is 0 Å². The topological polar surface area (TPSA) is 90.1 Å². The van der Waals surface area contributed by atoms with Gasteiger partial charge in [-0.15, -0.1) is 0 Å². The summed E-state index contributed by atoms with van der Waals surface area (Å²) in [4.78, 5) is 22.1. The molecule has 1 aromatic carbocycles. The predicted molar refractivity (Wildman–Crippen MR) is 121 cm³/mol. The molecule has 0 spiro atoms. The molecule has 4 aromatic rings. The van der Waals surface area contributed by atoms with Crippen molar-refractivity contribution in [2.24, 2.45) is 0 Å². The number of aromatic nitrogens is 4. The van der Waals surface area contributed by atoms with Gasteiger partial charge in [0.25, 0.3) is 0 Å². The highest BCUT2D eigenvalue weighted by Crippen LogP contribution is 2.28. The van der Waals surface area contributed by atoms with Gasteiger partial charge in [0, 0.05) is 31.7 Å². The maximum atomic E-state index is 13.5. The molecule has 5 rings (SSSR count). The Kier molecular flexibility index (Phi) is 5.36. The zero-order valence-corrected chi connectivity index (χ0v) is 18.2. The summed E-state index contributed by atoms with van der Waals surface area (Å²) >= 11 is 0. The zero-order chi connectivity index (χ0) is 22.1. The standard InChI is InChI=1S/C23H23N5O3S/c29-23-27(16-18-7-2-1-3-8-18)21-11-5-13-25-22(21)28(23)19-9-6-14-26(17-19)32(30,31)20-10-4-12-24-15-20/h1-5,7-8,10-13,15,19H,6,9,14,16-17H2/t19-/m0/s1. The molecule has 32 heavy (non-hydrogen) atoms. The smallest absolute Gasteiger partial charge is 0.286 e. The molecule has 4 heterocycles. The van der Waals surface area contributed by atoms with Gasteiger partial charge in [-0.25, -0.2) is 18.2 Å². The van der Waals surface area contributed by atoms with Gasteiger partial charge < -0.3 is 0 Å². The molecule has 9 heteroatoms. The molecule has 3 aromatic heterocycles. The molecule has 1 saturated heterocycles.